The first kappa shape index (κ1) is 24.2. The Morgan fingerprint density at radius 3 is 2.63 bits per heavy atom. The van der Waals surface area contributed by atoms with Gasteiger partial charge in [-0.1, -0.05) is 6.07 Å². The predicted octanol–water partition coefficient (Wildman–Crippen LogP) is 3.30. The van der Waals surface area contributed by atoms with Gasteiger partial charge in [-0.25, -0.2) is 4.39 Å². The molecule has 2 fully saturated rings. The van der Waals surface area contributed by atoms with Crippen molar-refractivity contribution in [3.05, 3.63) is 83.3 Å². The third kappa shape index (κ3) is 4.77. The zero-order valence-corrected chi connectivity index (χ0v) is 20.7. The maximum atomic E-state index is 13.1. The Morgan fingerprint density at radius 2 is 1.87 bits per heavy atom. The molecule has 4 heterocycles. The second-order valence-electron chi connectivity index (χ2n) is 10.00. The van der Waals surface area contributed by atoms with Crippen molar-refractivity contribution in [3.63, 3.8) is 0 Å². The molecule has 2 aromatic carbocycles. The molecule has 0 radical (unpaired) electrons. The molecule has 0 spiro atoms. The number of carbonyl (C=O) groups excluding carboxylic acids is 3. The molecule has 9 heteroatoms. The number of hydrogen-bond donors (Lipinski definition) is 1. The minimum absolute atomic E-state index is 0.186. The summed E-state index contributed by atoms with van der Waals surface area (Å²) in [5.74, 6) is -0.513. The van der Waals surface area contributed by atoms with Crippen LogP contribution in [-0.4, -0.2) is 57.7 Å². The summed E-state index contributed by atoms with van der Waals surface area (Å²) in [4.78, 5) is 45.3. The highest BCUT2D eigenvalue weighted by molar-refractivity contribution is 6.05. The first-order valence-electron chi connectivity index (χ1n) is 12.8. The molecule has 2 unspecified atom stereocenters. The van der Waals surface area contributed by atoms with Gasteiger partial charge in [-0.2, -0.15) is 0 Å². The topological polar surface area (TPSA) is 91.8 Å². The van der Waals surface area contributed by atoms with Crippen molar-refractivity contribution in [1.29, 1.82) is 0 Å². The van der Waals surface area contributed by atoms with Crippen LogP contribution in [0.15, 0.2) is 60.8 Å². The van der Waals surface area contributed by atoms with Gasteiger partial charge in [0.2, 0.25) is 11.8 Å². The molecular weight excluding hydrogens is 487 g/mol. The van der Waals surface area contributed by atoms with E-state index in [4.69, 9.17) is 4.74 Å². The molecule has 1 aromatic heterocycles. The number of benzene rings is 2. The van der Waals surface area contributed by atoms with E-state index in [9.17, 15) is 18.8 Å². The summed E-state index contributed by atoms with van der Waals surface area (Å²) < 4.78 is 19.0. The summed E-state index contributed by atoms with van der Waals surface area (Å²) in [6.07, 6.45) is 3.41. The van der Waals surface area contributed by atoms with E-state index < -0.39 is 11.9 Å². The summed E-state index contributed by atoms with van der Waals surface area (Å²) >= 11 is 0. The molecular formula is C29H27FN4O4. The second kappa shape index (κ2) is 9.98. The zero-order valence-electron chi connectivity index (χ0n) is 20.7. The highest BCUT2D eigenvalue weighted by atomic mass is 19.1. The molecule has 3 aromatic rings. The van der Waals surface area contributed by atoms with Crippen LogP contribution in [0.3, 0.4) is 0 Å². The van der Waals surface area contributed by atoms with E-state index in [1.165, 1.54) is 12.1 Å². The minimum atomic E-state index is -0.631. The number of nitrogens with one attached hydrogen (secondary N) is 1. The maximum Gasteiger partial charge on any atom is 0.255 e. The van der Waals surface area contributed by atoms with Gasteiger partial charge in [0, 0.05) is 49.4 Å². The van der Waals surface area contributed by atoms with Crippen LogP contribution in [0.2, 0.25) is 0 Å². The average molecular weight is 515 g/mol. The Hall–Kier alpha value is -4.11. The number of hydrogen-bond acceptors (Lipinski definition) is 6. The standard InChI is InChI=1S/C29H27FN4O4/c30-21-2-4-23(5-3-21)38-17-22-10-12-33(22)15-18-9-11-31-25(13-18)19-1-6-24-20(14-19)16-34(29(24)37)26-7-8-27(35)32-28(26)36/h1-6,9,11,13-14,22,26H,7-8,10,12,15-17H2,(H,32,35,36). The molecule has 0 bridgehead atoms. The summed E-state index contributed by atoms with van der Waals surface area (Å²) in [6.45, 7) is 2.62. The molecule has 38 heavy (non-hydrogen) atoms. The van der Waals surface area contributed by atoms with E-state index in [2.05, 4.69) is 21.3 Å². The summed E-state index contributed by atoms with van der Waals surface area (Å²) in [5.41, 5.74) is 4.28. The lowest BCUT2D eigenvalue weighted by atomic mass is 10.0. The number of likely N-dealkylation sites (tertiary alicyclic amines) is 1. The molecule has 0 saturated carbocycles. The van der Waals surface area contributed by atoms with Crippen LogP contribution in [0.25, 0.3) is 11.3 Å². The Bertz CT molecular complexity index is 1410. The number of ether oxygens (including phenoxy) is 1. The van der Waals surface area contributed by atoms with Gasteiger partial charge in [0.05, 0.1) is 5.69 Å². The van der Waals surface area contributed by atoms with Crippen molar-refractivity contribution in [2.75, 3.05) is 13.2 Å². The predicted molar refractivity (Wildman–Crippen MR) is 136 cm³/mol. The number of nitrogens with zero attached hydrogens (tertiary/aromatic N) is 3. The van der Waals surface area contributed by atoms with Crippen LogP contribution >= 0.6 is 0 Å². The van der Waals surface area contributed by atoms with Crippen molar-refractivity contribution in [2.24, 2.45) is 0 Å². The number of pyridine rings is 1. The molecule has 0 aliphatic carbocycles. The first-order chi connectivity index (χ1) is 18.4. The highest BCUT2D eigenvalue weighted by Gasteiger charge is 2.39. The molecule has 8 nitrogen and oxygen atoms in total. The number of fused-ring (bicyclic) bond motifs is 1. The van der Waals surface area contributed by atoms with Crippen LogP contribution in [0.4, 0.5) is 4.39 Å². The lowest BCUT2D eigenvalue weighted by molar-refractivity contribution is -0.136. The quantitative estimate of drug-likeness (QED) is 0.487. The fourth-order valence-corrected chi connectivity index (χ4v) is 5.31. The Labute approximate surface area is 219 Å². The van der Waals surface area contributed by atoms with E-state index in [0.717, 1.165) is 41.9 Å². The largest absolute Gasteiger partial charge is 0.492 e. The zero-order chi connectivity index (χ0) is 26.2. The molecule has 1 N–H and O–H groups in total. The van der Waals surface area contributed by atoms with Gasteiger partial charge in [0.1, 0.15) is 24.2 Å². The maximum absolute atomic E-state index is 13.1. The fraction of sp³-hybridized carbons (Fsp3) is 0.310. The molecule has 194 valence electrons. The molecule has 3 aliphatic rings. The summed E-state index contributed by atoms with van der Waals surface area (Å²) in [6, 6.07) is 15.5. The van der Waals surface area contributed by atoms with Crippen LogP contribution in [-0.2, 0) is 22.7 Å². The molecule has 6 rings (SSSR count). The minimum Gasteiger partial charge on any atom is -0.492 e. The normalized spacial score (nSPS) is 21.2. The van der Waals surface area contributed by atoms with Crippen molar-refractivity contribution in [3.8, 4) is 17.0 Å². The Morgan fingerprint density at radius 1 is 1.03 bits per heavy atom. The van der Waals surface area contributed by atoms with Crippen LogP contribution in [0.5, 0.6) is 5.75 Å². The number of piperidine rings is 1. The molecule has 3 amide bonds. The van der Waals surface area contributed by atoms with E-state index in [1.54, 1.807) is 29.3 Å². The monoisotopic (exact) mass is 514 g/mol. The molecule has 2 atom stereocenters. The van der Waals surface area contributed by atoms with E-state index >= 15 is 0 Å². The number of rotatable bonds is 7. The van der Waals surface area contributed by atoms with Crippen LogP contribution < -0.4 is 10.1 Å². The Balaban J connectivity index is 1.11. The molecule has 3 aliphatic heterocycles. The van der Waals surface area contributed by atoms with Crippen molar-refractivity contribution >= 4 is 17.7 Å². The van der Waals surface area contributed by atoms with Gasteiger partial charge >= 0.3 is 0 Å². The number of carbonyl (C=O) groups is 3. The van der Waals surface area contributed by atoms with Gasteiger partial charge < -0.3 is 9.64 Å². The number of aromatic nitrogens is 1. The number of imide groups is 1. The SMILES string of the molecule is O=C1CCC(N2Cc3cc(-c4cc(CN5CCC5COc5ccc(F)cc5)ccn4)ccc3C2=O)C(=O)N1. The molecule has 2 saturated heterocycles. The van der Waals surface area contributed by atoms with Crippen molar-refractivity contribution in [1.82, 2.24) is 20.1 Å². The van der Waals surface area contributed by atoms with E-state index in [1.807, 2.05) is 18.2 Å². The average Bonchev–Trinajstić information content (AvgIpc) is 3.23. The lowest BCUT2D eigenvalue weighted by Gasteiger charge is -2.40. The third-order valence-corrected chi connectivity index (χ3v) is 7.55. The third-order valence-electron chi connectivity index (χ3n) is 7.55. The van der Waals surface area contributed by atoms with Gasteiger partial charge in [0.15, 0.2) is 0 Å². The van der Waals surface area contributed by atoms with Crippen LogP contribution in [0.1, 0.15) is 40.7 Å². The highest BCUT2D eigenvalue weighted by Crippen LogP contribution is 2.31. The lowest BCUT2D eigenvalue weighted by Crippen LogP contribution is -2.52. The van der Waals surface area contributed by atoms with E-state index in [0.29, 0.717) is 36.9 Å². The first-order valence-corrected chi connectivity index (χ1v) is 12.8. The van der Waals surface area contributed by atoms with Gasteiger partial charge in [-0.3, -0.25) is 29.6 Å². The van der Waals surface area contributed by atoms with Gasteiger partial charge in [-0.15, -0.1) is 0 Å². The Kier molecular flexibility index (Phi) is 6.37. The van der Waals surface area contributed by atoms with E-state index in [-0.39, 0.29) is 24.1 Å². The summed E-state index contributed by atoms with van der Waals surface area (Å²) in [7, 11) is 0. The van der Waals surface area contributed by atoms with Gasteiger partial charge in [0.25, 0.3) is 5.91 Å². The fourth-order valence-electron chi connectivity index (χ4n) is 5.31. The van der Waals surface area contributed by atoms with Crippen molar-refractivity contribution < 1.29 is 23.5 Å². The summed E-state index contributed by atoms with van der Waals surface area (Å²) in [5, 5.41) is 2.34. The second-order valence-corrected chi connectivity index (χ2v) is 10.00. The van der Waals surface area contributed by atoms with Gasteiger partial charge in [-0.05, 0) is 72.5 Å². The van der Waals surface area contributed by atoms with Crippen molar-refractivity contribution in [2.45, 2.75) is 44.4 Å². The smallest absolute Gasteiger partial charge is 0.255 e. The number of halogens is 1. The number of amides is 3. The van der Waals surface area contributed by atoms with Crippen LogP contribution in [0, 0.1) is 5.82 Å².